The zero-order chi connectivity index (χ0) is 44.4. The maximum atomic E-state index is 12.9. The highest BCUT2D eigenvalue weighted by Gasteiger charge is 2.15. The van der Waals surface area contributed by atoms with E-state index in [-0.39, 0.29) is 24.0 Å². The lowest BCUT2D eigenvalue weighted by atomic mass is 10.0. The topological polar surface area (TPSA) is 144 Å². The Morgan fingerprint density at radius 3 is 1.42 bits per heavy atom. The van der Waals surface area contributed by atoms with Crippen molar-refractivity contribution < 1.29 is 27.5 Å². The molecule has 12 heteroatoms. The quantitative estimate of drug-likeness (QED) is 0.0267. The fourth-order valence-corrected chi connectivity index (χ4v) is 8.11. The summed E-state index contributed by atoms with van der Waals surface area (Å²) in [4.78, 5) is 33.6. The highest BCUT2D eigenvalue weighted by atomic mass is 32.2. The molecule has 0 aliphatic rings. The molecule has 3 N–H and O–H groups in total. The summed E-state index contributed by atoms with van der Waals surface area (Å²) >= 11 is 0. The molecule has 0 aliphatic heterocycles. The Hall–Kier alpha value is -1.92. The lowest BCUT2D eigenvalue weighted by molar-refractivity contribution is -0.150. The summed E-state index contributed by atoms with van der Waals surface area (Å²) in [6, 6.07) is 0. The summed E-state index contributed by atoms with van der Waals surface area (Å²) in [5.74, 6) is 0.166. The Morgan fingerprint density at radius 2 is 0.950 bits per heavy atom. The normalized spacial score (nSPS) is 12.1. The van der Waals surface area contributed by atoms with Crippen LogP contribution in [0.2, 0.25) is 0 Å². The molecule has 0 heterocycles. The van der Waals surface area contributed by atoms with Gasteiger partial charge in [0.1, 0.15) is 6.10 Å². The Bertz CT molecular complexity index is 1110. The highest BCUT2D eigenvalue weighted by Crippen LogP contribution is 2.19. The van der Waals surface area contributed by atoms with E-state index in [2.05, 4.69) is 35.4 Å². The molecule has 0 saturated carbocycles. The summed E-state index contributed by atoms with van der Waals surface area (Å²) < 4.78 is 36.9. The SMILES string of the molecule is CCCCCCCCCOC(=O)CCCCCCCN(CCCCCCCC(=O)OC(CCCCCCCC)CCCCCCCC)CCCN=C(NS(N)(=O)=O)N(C)C. The molecule has 356 valence electrons. The van der Waals surface area contributed by atoms with Crippen LogP contribution in [0.3, 0.4) is 0 Å². The van der Waals surface area contributed by atoms with Gasteiger partial charge in [0.05, 0.1) is 6.61 Å². The molecule has 0 rings (SSSR count). The van der Waals surface area contributed by atoms with Crippen molar-refractivity contribution in [3.05, 3.63) is 0 Å². The molecule has 0 bridgehead atoms. The highest BCUT2D eigenvalue weighted by molar-refractivity contribution is 7.87. The van der Waals surface area contributed by atoms with Crippen molar-refractivity contribution >= 4 is 28.1 Å². The van der Waals surface area contributed by atoms with Crippen molar-refractivity contribution in [3.8, 4) is 0 Å². The second-order valence-electron chi connectivity index (χ2n) is 17.5. The third-order valence-corrected chi connectivity index (χ3v) is 11.8. The van der Waals surface area contributed by atoms with Crippen molar-refractivity contribution in [3.63, 3.8) is 0 Å². The van der Waals surface area contributed by atoms with Crippen LogP contribution in [0, 0.1) is 0 Å². The number of carbonyl (C=O) groups excluding carboxylic acids is 2. The third kappa shape index (κ3) is 41.4. The monoisotopic (exact) mass is 872 g/mol. The fraction of sp³-hybridized carbons (Fsp3) is 0.938. The minimum atomic E-state index is -3.89. The van der Waals surface area contributed by atoms with Crippen molar-refractivity contribution in [2.75, 3.05) is 46.9 Å². The van der Waals surface area contributed by atoms with Crippen LogP contribution in [0.25, 0.3) is 0 Å². The Balaban J connectivity index is 4.64. The van der Waals surface area contributed by atoms with Crippen LogP contribution >= 0.6 is 0 Å². The molecular weight excluding hydrogens is 775 g/mol. The largest absolute Gasteiger partial charge is 0.466 e. The van der Waals surface area contributed by atoms with Crippen molar-refractivity contribution in [2.24, 2.45) is 10.1 Å². The molecule has 0 saturated heterocycles. The number of aliphatic imine (C=N–C) groups is 1. The van der Waals surface area contributed by atoms with E-state index in [1.807, 2.05) is 0 Å². The molecule has 0 spiro atoms. The summed E-state index contributed by atoms with van der Waals surface area (Å²) in [5, 5.41) is 5.18. The van der Waals surface area contributed by atoms with E-state index in [0.29, 0.717) is 26.0 Å². The van der Waals surface area contributed by atoms with Gasteiger partial charge in [-0.3, -0.25) is 14.6 Å². The lowest BCUT2D eigenvalue weighted by Gasteiger charge is -2.22. The molecule has 0 radical (unpaired) electrons. The summed E-state index contributed by atoms with van der Waals surface area (Å²) in [7, 11) is -0.422. The van der Waals surface area contributed by atoms with Crippen LogP contribution in [0.1, 0.15) is 239 Å². The molecule has 0 amide bonds. The first-order chi connectivity index (χ1) is 29.0. The predicted octanol–water partition coefficient (Wildman–Crippen LogP) is 11.8. The maximum absolute atomic E-state index is 12.9. The lowest BCUT2D eigenvalue weighted by Crippen LogP contribution is -2.43. The maximum Gasteiger partial charge on any atom is 0.306 e. The predicted molar refractivity (Wildman–Crippen MR) is 254 cm³/mol. The molecule has 0 aromatic rings. The van der Waals surface area contributed by atoms with E-state index in [1.165, 1.54) is 96.3 Å². The van der Waals surface area contributed by atoms with Crippen LogP contribution < -0.4 is 9.86 Å². The van der Waals surface area contributed by atoms with E-state index < -0.39 is 10.2 Å². The number of hydrogen-bond acceptors (Lipinski definition) is 8. The number of carbonyl (C=O) groups is 2. The number of nitrogens with one attached hydrogen (secondary N) is 1. The molecule has 11 nitrogen and oxygen atoms in total. The minimum absolute atomic E-state index is 0.0128. The Kier molecular flexibility index (Phi) is 41.0. The van der Waals surface area contributed by atoms with Crippen LogP contribution in [-0.2, 0) is 29.3 Å². The van der Waals surface area contributed by atoms with Crippen molar-refractivity contribution in [1.82, 2.24) is 14.5 Å². The van der Waals surface area contributed by atoms with Gasteiger partial charge in [-0.05, 0) is 83.8 Å². The molecule has 0 unspecified atom stereocenters. The first-order valence-electron chi connectivity index (χ1n) is 25.1. The van der Waals surface area contributed by atoms with Crippen LogP contribution in [0.15, 0.2) is 4.99 Å². The van der Waals surface area contributed by atoms with Crippen molar-refractivity contribution in [1.29, 1.82) is 0 Å². The number of ether oxygens (including phenoxy) is 2. The Morgan fingerprint density at radius 1 is 0.550 bits per heavy atom. The van der Waals surface area contributed by atoms with E-state index in [1.54, 1.807) is 19.0 Å². The van der Waals surface area contributed by atoms with Crippen LogP contribution in [0.5, 0.6) is 0 Å². The first-order valence-corrected chi connectivity index (χ1v) is 26.7. The second kappa shape index (κ2) is 42.4. The summed E-state index contributed by atoms with van der Waals surface area (Å²) in [6.45, 7) is 10.7. The summed E-state index contributed by atoms with van der Waals surface area (Å²) in [5.41, 5.74) is 0. The van der Waals surface area contributed by atoms with Gasteiger partial charge in [-0.1, -0.05) is 162 Å². The van der Waals surface area contributed by atoms with E-state index in [0.717, 1.165) is 129 Å². The smallest absolute Gasteiger partial charge is 0.306 e. The van der Waals surface area contributed by atoms with Gasteiger partial charge in [0.2, 0.25) is 5.96 Å². The second-order valence-corrected chi connectivity index (χ2v) is 18.8. The third-order valence-electron chi connectivity index (χ3n) is 11.3. The zero-order valence-corrected chi connectivity index (χ0v) is 40.7. The van der Waals surface area contributed by atoms with Gasteiger partial charge in [-0.25, -0.2) is 9.86 Å². The fourth-order valence-electron chi connectivity index (χ4n) is 7.61. The van der Waals surface area contributed by atoms with E-state index in [9.17, 15) is 18.0 Å². The number of hydrogen-bond donors (Lipinski definition) is 2. The number of unbranched alkanes of at least 4 members (excludes halogenated alkanes) is 24. The van der Waals surface area contributed by atoms with Gasteiger partial charge in [0.25, 0.3) is 10.2 Å². The number of rotatable bonds is 44. The Labute approximate surface area is 371 Å². The molecule has 0 fully saturated rings. The van der Waals surface area contributed by atoms with Crippen LogP contribution in [-0.4, -0.2) is 89.1 Å². The first kappa shape index (κ1) is 58.1. The molecule has 0 atom stereocenters. The van der Waals surface area contributed by atoms with Crippen LogP contribution in [0.4, 0.5) is 0 Å². The minimum Gasteiger partial charge on any atom is -0.466 e. The molecule has 0 aliphatic carbocycles. The average Bonchev–Trinajstić information content (AvgIpc) is 3.20. The number of nitrogens with two attached hydrogens (primary N) is 1. The van der Waals surface area contributed by atoms with Gasteiger partial charge >= 0.3 is 11.9 Å². The number of esters is 2. The average molecular weight is 872 g/mol. The molecular formula is C48H97N5O6S. The van der Waals surface area contributed by atoms with Gasteiger partial charge in [0.15, 0.2) is 0 Å². The van der Waals surface area contributed by atoms with Crippen molar-refractivity contribution in [2.45, 2.75) is 245 Å². The number of guanidine groups is 1. The van der Waals surface area contributed by atoms with E-state index >= 15 is 0 Å². The van der Waals surface area contributed by atoms with Gasteiger partial charge in [0, 0.05) is 33.5 Å². The molecule has 60 heavy (non-hydrogen) atoms. The summed E-state index contributed by atoms with van der Waals surface area (Å²) in [6.07, 6.45) is 38.1. The van der Waals surface area contributed by atoms with Gasteiger partial charge < -0.3 is 19.3 Å². The van der Waals surface area contributed by atoms with Gasteiger partial charge in [-0.2, -0.15) is 8.42 Å². The number of nitrogens with zero attached hydrogens (tertiary/aromatic N) is 3. The standard InChI is InChI=1S/C48H97N5O6S/c1-6-9-12-15-18-27-34-44-58-46(54)38-30-23-19-25-32-41-53(43-35-40-50-48(52(4)5)51-60(49,56)57)42-33-26-20-24-31-39-47(55)59-45(36-28-21-16-13-10-7-2)37-29-22-17-14-11-8-3/h45H,6-44H2,1-5H3,(H,50,51)(H2,49,56,57). The molecule has 0 aromatic heterocycles. The van der Waals surface area contributed by atoms with E-state index in [4.69, 9.17) is 14.6 Å². The molecule has 0 aromatic carbocycles. The zero-order valence-electron chi connectivity index (χ0n) is 39.9. The van der Waals surface area contributed by atoms with Gasteiger partial charge in [-0.15, -0.1) is 0 Å².